The number of imide groups is 1. The van der Waals surface area contributed by atoms with Crippen LogP contribution < -0.4 is 5.19 Å². The molecule has 2 amide bonds. The quantitative estimate of drug-likeness (QED) is 0.246. The van der Waals surface area contributed by atoms with Crippen LogP contribution in [0.15, 0.2) is 0 Å². The maximum Gasteiger partial charge on any atom is 0.333 e. The van der Waals surface area contributed by atoms with Crippen LogP contribution >= 0.6 is 11.6 Å². The van der Waals surface area contributed by atoms with E-state index in [1.165, 1.54) is 0 Å². The van der Waals surface area contributed by atoms with Crippen LogP contribution in [0.3, 0.4) is 0 Å². The average molecular weight is 479 g/mol. The van der Waals surface area contributed by atoms with Crippen LogP contribution in [0.4, 0.5) is 0 Å². The second-order valence-electron chi connectivity index (χ2n) is 8.41. The summed E-state index contributed by atoms with van der Waals surface area (Å²) in [5.41, 5.74) is 3.64. The van der Waals surface area contributed by atoms with Crippen molar-refractivity contribution in [3.05, 3.63) is 27.8 Å². The first-order valence-electron chi connectivity index (χ1n) is 9.84. The number of carbonyl (C=O) groups excluding carboxylic acids is 4. The van der Waals surface area contributed by atoms with Gasteiger partial charge in [0.25, 0.3) is 21.6 Å². The Morgan fingerprint density at radius 2 is 1.68 bits per heavy atom. The SMILES string of the molecule is Cc1c(CCl)c(C)c(C(=O)CCC(=O)ON2C(=O)CCC2=O)c(C(C)(C)C)c1[Si]O[Si]. The van der Waals surface area contributed by atoms with Gasteiger partial charge < -0.3 is 8.95 Å². The molecule has 1 saturated heterocycles. The van der Waals surface area contributed by atoms with Gasteiger partial charge in [-0.2, -0.15) is 0 Å². The predicted molar refractivity (Wildman–Crippen MR) is 117 cm³/mol. The zero-order chi connectivity index (χ0) is 23.5. The van der Waals surface area contributed by atoms with Crippen LogP contribution in [0.1, 0.15) is 79.1 Å². The minimum atomic E-state index is -0.804. The van der Waals surface area contributed by atoms with E-state index in [0.29, 0.717) is 10.6 Å². The lowest BCUT2D eigenvalue weighted by atomic mass is 9.78. The van der Waals surface area contributed by atoms with Gasteiger partial charge in [0, 0.05) is 30.7 Å². The lowest BCUT2D eigenvalue weighted by Crippen LogP contribution is -2.36. The highest BCUT2D eigenvalue weighted by Gasteiger charge is 2.34. The van der Waals surface area contributed by atoms with Crippen LogP contribution in [0.5, 0.6) is 0 Å². The Bertz CT molecular complexity index is 910. The molecule has 0 spiro atoms. The number of halogens is 1. The van der Waals surface area contributed by atoms with E-state index in [4.69, 9.17) is 20.6 Å². The molecule has 165 valence electrons. The third-order valence-electron chi connectivity index (χ3n) is 5.23. The number of rotatable bonds is 8. The van der Waals surface area contributed by atoms with Gasteiger partial charge in [0.2, 0.25) is 10.5 Å². The third kappa shape index (κ3) is 5.52. The van der Waals surface area contributed by atoms with E-state index >= 15 is 0 Å². The average Bonchev–Trinajstić information content (AvgIpc) is 2.99. The Morgan fingerprint density at radius 3 is 2.16 bits per heavy atom. The number of hydrogen-bond donors (Lipinski definition) is 0. The fourth-order valence-electron chi connectivity index (χ4n) is 3.71. The normalized spacial score (nSPS) is 14.4. The molecule has 0 aliphatic carbocycles. The van der Waals surface area contributed by atoms with Gasteiger partial charge in [0.15, 0.2) is 5.78 Å². The maximum absolute atomic E-state index is 13.3. The summed E-state index contributed by atoms with van der Waals surface area (Å²) in [6.45, 7) is 9.86. The van der Waals surface area contributed by atoms with Gasteiger partial charge in [-0.1, -0.05) is 20.8 Å². The summed E-state index contributed by atoms with van der Waals surface area (Å²) < 4.78 is 5.25. The van der Waals surface area contributed by atoms with Crippen molar-refractivity contribution in [3.63, 3.8) is 0 Å². The molecule has 0 unspecified atom stereocenters. The molecule has 10 heteroatoms. The van der Waals surface area contributed by atoms with Crippen molar-refractivity contribution < 1.29 is 28.1 Å². The molecule has 0 bridgehead atoms. The largest absolute Gasteiger partial charge is 0.454 e. The molecule has 1 aliphatic heterocycles. The highest BCUT2D eigenvalue weighted by Crippen LogP contribution is 2.32. The summed E-state index contributed by atoms with van der Waals surface area (Å²) in [4.78, 5) is 53.6. The second kappa shape index (κ2) is 10.2. The Hall–Kier alpha value is -1.82. The first-order valence-corrected chi connectivity index (χ1v) is 11.7. The summed E-state index contributed by atoms with van der Waals surface area (Å²) in [5.74, 6) is -1.91. The Balaban J connectivity index is 2.36. The lowest BCUT2D eigenvalue weighted by Gasteiger charge is -2.30. The van der Waals surface area contributed by atoms with Gasteiger partial charge in [0.05, 0.1) is 6.42 Å². The first-order chi connectivity index (χ1) is 14.4. The molecule has 5 radical (unpaired) electrons. The van der Waals surface area contributed by atoms with E-state index in [0.717, 1.165) is 27.4 Å². The molecule has 0 aromatic heterocycles. The van der Waals surface area contributed by atoms with Crippen LogP contribution in [0.2, 0.25) is 0 Å². The zero-order valence-corrected chi connectivity index (χ0v) is 21.1. The van der Waals surface area contributed by atoms with Crippen LogP contribution in [0, 0.1) is 13.8 Å². The number of alkyl halides is 1. The summed E-state index contributed by atoms with van der Waals surface area (Å²) in [5, 5.41) is 1.39. The topological polar surface area (TPSA) is 90.0 Å². The van der Waals surface area contributed by atoms with Crippen molar-refractivity contribution in [3.8, 4) is 0 Å². The second-order valence-corrected chi connectivity index (χ2v) is 10.2. The molecule has 1 fully saturated rings. The molecule has 1 heterocycles. The molecule has 31 heavy (non-hydrogen) atoms. The highest BCUT2D eigenvalue weighted by atomic mass is 35.5. The van der Waals surface area contributed by atoms with Gasteiger partial charge >= 0.3 is 5.97 Å². The predicted octanol–water partition coefficient (Wildman–Crippen LogP) is 2.25. The standard InChI is InChI=1S/C21H25ClNO6Si2/c1-11-13(10-22)12(2)20(31-29-30)19(21(3,4)5)18(11)14(24)6-9-17(27)28-23-15(25)7-8-16(23)26/h6-10H2,1-5H3. The highest BCUT2D eigenvalue weighted by molar-refractivity contribution is 6.52. The fourth-order valence-corrected chi connectivity index (χ4v) is 5.42. The van der Waals surface area contributed by atoms with Crippen molar-refractivity contribution in [2.75, 3.05) is 0 Å². The van der Waals surface area contributed by atoms with Crippen molar-refractivity contribution in [1.82, 2.24) is 5.06 Å². The first kappa shape index (κ1) is 25.4. The number of Topliss-reactive ketones (excluding diaryl/α,β-unsaturated/α-hetero) is 1. The fraction of sp³-hybridized carbons (Fsp3) is 0.524. The molecule has 1 aromatic rings. The maximum atomic E-state index is 13.3. The number of ketones is 1. The summed E-state index contributed by atoms with van der Waals surface area (Å²) in [7, 11) is 3.04. The molecular formula is C21H25ClNO6Si2. The molecule has 0 N–H and O–H groups in total. The summed E-state index contributed by atoms with van der Waals surface area (Å²) in [6, 6.07) is 0. The summed E-state index contributed by atoms with van der Waals surface area (Å²) in [6.07, 6.45) is -0.345. The number of amides is 2. The Labute approximate surface area is 193 Å². The van der Waals surface area contributed by atoms with Gasteiger partial charge in [-0.15, -0.1) is 16.7 Å². The minimum Gasteiger partial charge on any atom is -0.454 e. The zero-order valence-electron chi connectivity index (χ0n) is 18.3. The van der Waals surface area contributed by atoms with Crippen molar-refractivity contribution in [2.45, 2.75) is 71.6 Å². The van der Waals surface area contributed by atoms with Crippen molar-refractivity contribution >= 4 is 60.6 Å². The molecule has 0 atom stereocenters. The molecule has 2 rings (SSSR count). The van der Waals surface area contributed by atoms with E-state index in [9.17, 15) is 19.2 Å². The minimum absolute atomic E-state index is 0.0167. The van der Waals surface area contributed by atoms with Gasteiger partial charge in [-0.25, -0.2) is 4.79 Å². The monoisotopic (exact) mass is 478 g/mol. The van der Waals surface area contributed by atoms with Gasteiger partial charge in [0.1, 0.15) is 0 Å². The number of nitrogens with zero attached hydrogens (tertiary/aromatic N) is 1. The van der Waals surface area contributed by atoms with Crippen molar-refractivity contribution in [2.24, 2.45) is 0 Å². The molecule has 7 nitrogen and oxygen atoms in total. The van der Waals surface area contributed by atoms with E-state index in [1.54, 1.807) is 0 Å². The Morgan fingerprint density at radius 1 is 1.10 bits per heavy atom. The van der Waals surface area contributed by atoms with Crippen LogP contribution in [-0.4, -0.2) is 48.9 Å². The van der Waals surface area contributed by atoms with E-state index in [-0.39, 0.29) is 52.5 Å². The Kier molecular flexibility index (Phi) is 8.37. The van der Waals surface area contributed by atoms with E-state index < -0.39 is 17.8 Å². The number of benzene rings is 1. The lowest BCUT2D eigenvalue weighted by molar-refractivity contribution is -0.197. The van der Waals surface area contributed by atoms with Gasteiger partial charge in [-0.3, -0.25) is 14.4 Å². The molecular weight excluding hydrogens is 454 g/mol. The number of carbonyl (C=O) groups is 4. The van der Waals surface area contributed by atoms with Crippen LogP contribution in [-0.2, 0) is 34.6 Å². The summed E-state index contributed by atoms with van der Waals surface area (Å²) >= 11 is 6.20. The number of hydroxylamine groups is 2. The molecule has 0 saturated carbocycles. The van der Waals surface area contributed by atoms with E-state index in [1.807, 2.05) is 34.6 Å². The third-order valence-corrected chi connectivity index (χ3v) is 6.73. The molecule has 1 aromatic carbocycles. The number of hydrogen-bond acceptors (Lipinski definition) is 6. The smallest absolute Gasteiger partial charge is 0.333 e. The van der Waals surface area contributed by atoms with E-state index in [2.05, 4.69) is 10.5 Å². The van der Waals surface area contributed by atoms with Crippen molar-refractivity contribution in [1.29, 1.82) is 0 Å². The van der Waals surface area contributed by atoms with Crippen LogP contribution in [0.25, 0.3) is 0 Å². The molecule has 1 aliphatic rings. The van der Waals surface area contributed by atoms with Gasteiger partial charge in [-0.05, 0) is 46.7 Å².